The molecule has 20 heavy (non-hydrogen) atoms. The minimum absolute atomic E-state index is 0.0863. The quantitative estimate of drug-likeness (QED) is 0.932. The zero-order valence-corrected chi connectivity index (χ0v) is 12.9. The molecule has 1 amide bonds. The van der Waals surface area contributed by atoms with Crippen LogP contribution in [0.25, 0.3) is 0 Å². The van der Waals surface area contributed by atoms with Crippen LogP contribution in [0.1, 0.15) is 18.4 Å². The molecule has 0 aliphatic carbocycles. The van der Waals surface area contributed by atoms with Crippen LogP contribution in [0.3, 0.4) is 0 Å². The lowest BCUT2D eigenvalue weighted by atomic mass is 9.89. The van der Waals surface area contributed by atoms with E-state index < -0.39 is 5.54 Å². The molecule has 1 saturated heterocycles. The normalized spacial score (nSPS) is 17.8. The van der Waals surface area contributed by atoms with Gasteiger partial charge in [0.15, 0.2) is 0 Å². The summed E-state index contributed by atoms with van der Waals surface area (Å²) in [5.74, 6) is -0.0863. The highest BCUT2D eigenvalue weighted by Gasteiger charge is 2.37. The Bertz CT molecular complexity index is 502. The summed E-state index contributed by atoms with van der Waals surface area (Å²) in [6, 6.07) is 5.39. The third kappa shape index (κ3) is 3.26. The number of benzene rings is 1. The van der Waals surface area contributed by atoms with Gasteiger partial charge in [0.05, 0.1) is 15.6 Å². The number of carbonyl (C=O) groups is 1. The van der Waals surface area contributed by atoms with Crippen molar-refractivity contribution in [2.75, 3.05) is 20.3 Å². The van der Waals surface area contributed by atoms with Gasteiger partial charge in [-0.05, 0) is 24.5 Å². The summed E-state index contributed by atoms with van der Waals surface area (Å²) in [5, 5.41) is 0.963. The Morgan fingerprint density at radius 3 is 2.70 bits per heavy atom. The van der Waals surface area contributed by atoms with E-state index in [1.807, 2.05) is 12.1 Å². The highest BCUT2D eigenvalue weighted by Crippen LogP contribution is 2.27. The highest BCUT2D eigenvalue weighted by atomic mass is 35.5. The lowest BCUT2D eigenvalue weighted by Gasteiger charge is -2.35. The van der Waals surface area contributed by atoms with Crippen LogP contribution < -0.4 is 5.73 Å². The number of amides is 1. The summed E-state index contributed by atoms with van der Waals surface area (Å²) in [5.41, 5.74) is 6.17. The number of halogens is 2. The number of nitrogens with two attached hydrogens (primary N) is 1. The van der Waals surface area contributed by atoms with E-state index in [0.29, 0.717) is 42.6 Å². The fourth-order valence-corrected chi connectivity index (χ4v) is 2.71. The number of likely N-dealkylation sites (N-methyl/N-ethyl adjacent to an activating group) is 1. The zero-order chi connectivity index (χ0) is 14.8. The van der Waals surface area contributed by atoms with Crippen molar-refractivity contribution in [1.29, 1.82) is 0 Å². The predicted octanol–water partition coefficient (Wildman–Crippen LogP) is 2.46. The first-order valence-corrected chi connectivity index (χ1v) is 7.25. The molecule has 0 spiro atoms. The van der Waals surface area contributed by atoms with Gasteiger partial charge in [-0.3, -0.25) is 4.79 Å². The summed E-state index contributed by atoms with van der Waals surface area (Å²) in [7, 11) is 1.73. The molecule has 0 bridgehead atoms. The van der Waals surface area contributed by atoms with Crippen molar-refractivity contribution >= 4 is 29.1 Å². The minimum atomic E-state index is -0.835. The molecule has 1 aromatic rings. The van der Waals surface area contributed by atoms with Gasteiger partial charge < -0.3 is 15.4 Å². The molecule has 1 aliphatic heterocycles. The van der Waals surface area contributed by atoms with Gasteiger partial charge in [-0.25, -0.2) is 0 Å². The fraction of sp³-hybridized carbons (Fsp3) is 0.500. The maximum absolute atomic E-state index is 12.5. The van der Waals surface area contributed by atoms with Gasteiger partial charge in [0, 0.05) is 26.8 Å². The number of carbonyl (C=O) groups excluding carboxylic acids is 1. The van der Waals surface area contributed by atoms with E-state index in [2.05, 4.69) is 0 Å². The Kier molecular flexibility index (Phi) is 4.91. The van der Waals surface area contributed by atoms with Crippen molar-refractivity contribution in [3.63, 3.8) is 0 Å². The van der Waals surface area contributed by atoms with Crippen LogP contribution in [0.4, 0.5) is 0 Å². The van der Waals surface area contributed by atoms with E-state index >= 15 is 0 Å². The second kappa shape index (κ2) is 6.31. The van der Waals surface area contributed by atoms with Gasteiger partial charge in [-0.15, -0.1) is 0 Å². The number of ether oxygens (including phenoxy) is 1. The SMILES string of the molecule is CN(Cc1cccc(Cl)c1Cl)C(=O)C1(N)CCOCC1. The van der Waals surface area contributed by atoms with Crippen molar-refractivity contribution in [3.8, 4) is 0 Å². The van der Waals surface area contributed by atoms with Crippen molar-refractivity contribution in [2.24, 2.45) is 5.73 Å². The molecule has 0 atom stereocenters. The first-order valence-electron chi connectivity index (χ1n) is 6.49. The van der Waals surface area contributed by atoms with Gasteiger partial charge >= 0.3 is 0 Å². The summed E-state index contributed by atoms with van der Waals surface area (Å²) in [6.45, 7) is 1.43. The maximum Gasteiger partial charge on any atom is 0.242 e. The average Bonchev–Trinajstić information content (AvgIpc) is 2.44. The Labute approximate surface area is 128 Å². The van der Waals surface area contributed by atoms with Gasteiger partial charge in [-0.2, -0.15) is 0 Å². The Hall–Kier alpha value is -0.810. The third-order valence-electron chi connectivity index (χ3n) is 3.60. The van der Waals surface area contributed by atoms with Crippen molar-refractivity contribution in [3.05, 3.63) is 33.8 Å². The number of hydrogen-bond donors (Lipinski definition) is 1. The molecule has 1 fully saturated rings. The second-order valence-corrected chi connectivity index (χ2v) is 5.93. The Morgan fingerprint density at radius 1 is 1.40 bits per heavy atom. The first-order chi connectivity index (χ1) is 9.44. The van der Waals surface area contributed by atoms with Crippen LogP contribution in [0.15, 0.2) is 18.2 Å². The minimum Gasteiger partial charge on any atom is -0.381 e. The van der Waals surface area contributed by atoms with Crippen molar-refractivity contribution in [2.45, 2.75) is 24.9 Å². The van der Waals surface area contributed by atoms with E-state index in [1.54, 1.807) is 18.0 Å². The van der Waals surface area contributed by atoms with Gasteiger partial charge in [0.2, 0.25) is 5.91 Å². The fourth-order valence-electron chi connectivity index (χ4n) is 2.33. The Balaban J connectivity index is 2.09. The van der Waals surface area contributed by atoms with Crippen molar-refractivity contribution in [1.82, 2.24) is 4.90 Å². The number of hydrogen-bond acceptors (Lipinski definition) is 3. The van der Waals surface area contributed by atoms with Crippen LogP contribution in [-0.4, -0.2) is 36.6 Å². The summed E-state index contributed by atoms with van der Waals surface area (Å²) >= 11 is 12.1. The number of rotatable bonds is 3. The largest absolute Gasteiger partial charge is 0.381 e. The van der Waals surface area contributed by atoms with Crippen LogP contribution >= 0.6 is 23.2 Å². The maximum atomic E-state index is 12.5. The van der Waals surface area contributed by atoms with Crippen LogP contribution in [0, 0.1) is 0 Å². The predicted molar refractivity (Wildman–Crippen MR) is 79.9 cm³/mol. The highest BCUT2D eigenvalue weighted by molar-refractivity contribution is 6.42. The third-order valence-corrected chi connectivity index (χ3v) is 4.45. The monoisotopic (exact) mass is 316 g/mol. The van der Waals surface area contributed by atoms with E-state index in [9.17, 15) is 4.79 Å². The van der Waals surface area contributed by atoms with Gasteiger partial charge in [-0.1, -0.05) is 35.3 Å². The summed E-state index contributed by atoms with van der Waals surface area (Å²) < 4.78 is 5.26. The molecular formula is C14H18Cl2N2O2. The molecule has 0 saturated carbocycles. The molecule has 0 aromatic heterocycles. The molecule has 1 aliphatic rings. The van der Waals surface area contributed by atoms with Gasteiger partial charge in [0.25, 0.3) is 0 Å². The van der Waals surface area contributed by atoms with E-state index in [0.717, 1.165) is 5.56 Å². The summed E-state index contributed by atoms with van der Waals surface area (Å²) in [6.07, 6.45) is 1.08. The molecule has 1 heterocycles. The van der Waals surface area contributed by atoms with E-state index in [4.69, 9.17) is 33.7 Å². The lowest BCUT2D eigenvalue weighted by Crippen LogP contribution is -2.57. The standard InChI is InChI=1S/C14H18Cl2N2O2/c1-18(9-10-3-2-4-11(15)12(10)16)13(19)14(17)5-7-20-8-6-14/h2-4H,5-9,17H2,1H3. The van der Waals surface area contributed by atoms with Gasteiger partial charge in [0.1, 0.15) is 0 Å². The van der Waals surface area contributed by atoms with E-state index in [1.165, 1.54) is 0 Å². The summed E-state index contributed by atoms with van der Waals surface area (Å²) in [4.78, 5) is 14.1. The lowest BCUT2D eigenvalue weighted by molar-refractivity contribution is -0.139. The first kappa shape index (κ1) is 15.6. The molecule has 6 heteroatoms. The molecule has 4 nitrogen and oxygen atoms in total. The van der Waals surface area contributed by atoms with Crippen molar-refractivity contribution < 1.29 is 9.53 Å². The Morgan fingerprint density at radius 2 is 2.05 bits per heavy atom. The van der Waals surface area contributed by atoms with E-state index in [-0.39, 0.29) is 5.91 Å². The molecule has 2 N–H and O–H groups in total. The molecule has 110 valence electrons. The molecular weight excluding hydrogens is 299 g/mol. The number of nitrogens with zero attached hydrogens (tertiary/aromatic N) is 1. The topological polar surface area (TPSA) is 55.6 Å². The molecule has 2 rings (SSSR count). The van der Waals surface area contributed by atoms with Crippen LogP contribution in [0.2, 0.25) is 10.0 Å². The van der Waals surface area contributed by atoms with Crippen LogP contribution in [0.5, 0.6) is 0 Å². The van der Waals surface area contributed by atoms with Crippen LogP contribution in [-0.2, 0) is 16.1 Å². The second-order valence-electron chi connectivity index (χ2n) is 5.14. The molecule has 0 unspecified atom stereocenters. The smallest absolute Gasteiger partial charge is 0.242 e. The molecule has 0 radical (unpaired) electrons. The average molecular weight is 317 g/mol. The molecule has 1 aromatic carbocycles. The zero-order valence-electron chi connectivity index (χ0n) is 11.4.